The van der Waals surface area contributed by atoms with E-state index in [0.717, 1.165) is 10.9 Å². The molecular weight excluding hydrogens is 282 g/mol. The zero-order valence-corrected chi connectivity index (χ0v) is 12.3. The average Bonchev–Trinajstić information content (AvgIpc) is 2.96. The molecule has 0 unspecified atom stereocenters. The number of nitrogens with one attached hydrogen (secondary N) is 1. The molecule has 0 aliphatic heterocycles. The highest BCUT2D eigenvalue weighted by Crippen LogP contribution is 2.32. The number of H-pyrrole nitrogens is 1. The monoisotopic (exact) mass is 297 g/mol. The van der Waals surface area contributed by atoms with Crippen LogP contribution in [0.4, 0.5) is 0 Å². The van der Waals surface area contributed by atoms with Crippen molar-refractivity contribution in [1.29, 1.82) is 0 Å². The molecule has 0 atom stereocenters. The van der Waals surface area contributed by atoms with Gasteiger partial charge in [0.15, 0.2) is 5.75 Å². The normalized spacial score (nSPS) is 10.5. The van der Waals surface area contributed by atoms with Crippen LogP contribution in [0.25, 0.3) is 10.9 Å². The van der Waals surface area contributed by atoms with Crippen molar-refractivity contribution < 1.29 is 19.0 Å². The van der Waals surface area contributed by atoms with Crippen LogP contribution in [0.15, 0.2) is 48.7 Å². The summed E-state index contributed by atoms with van der Waals surface area (Å²) in [7, 11) is 2.96. The third-order valence-electron chi connectivity index (χ3n) is 3.33. The second-order valence-corrected chi connectivity index (χ2v) is 4.69. The molecule has 112 valence electrons. The van der Waals surface area contributed by atoms with Crippen molar-refractivity contribution in [2.75, 3.05) is 14.2 Å². The van der Waals surface area contributed by atoms with Gasteiger partial charge in [0, 0.05) is 23.2 Å². The minimum atomic E-state index is -0.379. The summed E-state index contributed by atoms with van der Waals surface area (Å²) in [6.07, 6.45) is 1.76. The lowest BCUT2D eigenvalue weighted by Gasteiger charge is -2.06. The number of ether oxygens (including phenoxy) is 3. The van der Waals surface area contributed by atoms with Crippen LogP contribution >= 0.6 is 0 Å². The first-order valence-electron chi connectivity index (χ1n) is 6.72. The predicted molar refractivity (Wildman–Crippen MR) is 82.7 cm³/mol. The zero-order chi connectivity index (χ0) is 15.5. The van der Waals surface area contributed by atoms with Crippen LogP contribution in [-0.4, -0.2) is 25.2 Å². The minimum Gasteiger partial charge on any atom is -0.497 e. The molecule has 3 aromatic rings. The number of aromatic amines is 1. The Morgan fingerprint density at radius 2 is 1.86 bits per heavy atom. The number of benzene rings is 2. The van der Waals surface area contributed by atoms with Gasteiger partial charge < -0.3 is 19.2 Å². The van der Waals surface area contributed by atoms with Crippen LogP contribution in [0.1, 0.15) is 10.4 Å². The molecule has 0 saturated heterocycles. The summed E-state index contributed by atoms with van der Waals surface area (Å²) < 4.78 is 15.8. The SMILES string of the molecule is COC(=O)c1ccc2[nH]cc(Oc3cccc(OC)c3)c2c1. The Labute approximate surface area is 127 Å². The Morgan fingerprint density at radius 1 is 1.05 bits per heavy atom. The maximum Gasteiger partial charge on any atom is 0.337 e. The van der Waals surface area contributed by atoms with E-state index in [2.05, 4.69) is 4.98 Å². The number of fused-ring (bicyclic) bond motifs is 1. The highest BCUT2D eigenvalue weighted by atomic mass is 16.5. The van der Waals surface area contributed by atoms with Gasteiger partial charge in [0.1, 0.15) is 11.5 Å². The molecule has 22 heavy (non-hydrogen) atoms. The van der Waals surface area contributed by atoms with Gasteiger partial charge in [0.05, 0.1) is 19.8 Å². The number of aromatic nitrogens is 1. The molecule has 1 heterocycles. The van der Waals surface area contributed by atoms with Gasteiger partial charge in [0.2, 0.25) is 0 Å². The average molecular weight is 297 g/mol. The summed E-state index contributed by atoms with van der Waals surface area (Å²) in [5, 5.41) is 0.811. The maximum atomic E-state index is 11.6. The summed E-state index contributed by atoms with van der Waals surface area (Å²) in [5.74, 6) is 1.63. The Bertz CT molecular complexity index is 822. The highest BCUT2D eigenvalue weighted by Gasteiger charge is 2.11. The standard InChI is InChI=1S/C17H15NO4/c1-20-12-4-3-5-13(9-12)22-16-10-18-15-7-6-11(8-14(15)16)17(19)21-2/h3-10,18H,1-2H3. The van der Waals surface area contributed by atoms with Crippen molar-refractivity contribution in [3.05, 3.63) is 54.2 Å². The predicted octanol–water partition coefficient (Wildman–Crippen LogP) is 3.76. The smallest absolute Gasteiger partial charge is 0.337 e. The Balaban J connectivity index is 1.97. The fourth-order valence-corrected chi connectivity index (χ4v) is 2.22. The van der Waals surface area contributed by atoms with E-state index >= 15 is 0 Å². The third kappa shape index (κ3) is 2.61. The molecule has 0 fully saturated rings. The molecule has 0 aliphatic carbocycles. The van der Waals surface area contributed by atoms with E-state index < -0.39 is 0 Å². The van der Waals surface area contributed by atoms with Crippen molar-refractivity contribution in [2.24, 2.45) is 0 Å². The molecule has 0 bridgehead atoms. The number of methoxy groups -OCH3 is 2. The Hall–Kier alpha value is -2.95. The van der Waals surface area contributed by atoms with E-state index in [1.165, 1.54) is 7.11 Å². The van der Waals surface area contributed by atoms with Crippen molar-refractivity contribution in [2.45, 2.75) is 0 Å². The topological polar surface area (TPSA) is 60.6 Å². The number of hydrogen-bond acceptors (Lipinski definition) is 4. The molecular formula is C17H15NO4. The molecule has 1 aromatic heterocycles. The number of hydrogen-bond donors (Lipinski definition) is 1. The first kappa shape index (κ1) is 14.0. The lowest BCUT2D eigenvalue weighted by molar-refractivity contribution is 0.0601. The quantitative estimate of drug-likeness (QED) is 0.745. The molecule has 0 aliphatic rings. The van der Waals surface area contributed by atoms with Gasteiger partial charge in [-0.1, -0.05) is 6.07 Å². The Morgan fingerprint density at radius 3 is 2.64 bits per heavy atom. The van der Waals surface area contributed by atoms with Crippen molar-refractivity contribution >= 4 is 16.9 Å². The second-order valence-electron chi connectivity index (χ2n) is 4.69. The molecule has 5 nitrogen and oxygen atoms in total. The fourth-order valence-electron chi connectivity index (χ4n) is 2.22. The number of carbonyl (C=O) groups is 1. The molecule has 0 saturated carbocycles. The van der Waals surface area contributed by atoms with Crippen LogP contribution in [0, 0.1) is 0 Å². The lowest BCUT2D eigenvalue weighted by atomic mass is 10.1. The molecule has 3 rings (SSSR count). The highest BCUT2D eigenvalue weighted by molar-refractivity contribution is 5.96. The summed E-state index contributed by atoms with van der Waals surface area (Å²) in [4.78, 5) is 14.8. The van der Waals surface area contributed by atoms with E-state index in [1.54, 1.807) is 31.5 Å². The first-order chi connectivity index (χ1) is 10.7. The summed E-state index contributed by atoms with van der Waals surface area (Å²) in [6, 6.07) is 12.6. The molecule has 2 aromatic carbocycles. The van der Waals surface area contributed by atoms with Gasteiger partial charge in [0.25, 0.3) is 0 Å². The van der Waals surface area contributed by atoms with E-state index in [-0.39, 0.29) is 5.97 Å². The van der Waals surface area contributed by atoms with Crippen molar-refractivity contribution in [3.8, 4) is 17.2 Å². The molecule has 5 heteroatoms. The number of esters is 1. The molecule has 0 spiro atoms. The van der Waals surface area contributed by atoms with Crippen LogP contribution in [0.5, 0.6) is 17.2 Å². The van der Waals surface area contributed by atoms with Crippen LogP contribution in [0.2, 0.25) is 0 Å². The first-order valence-corrected chi connectivity index (χ1v) is 6.72. The van der Waals surface area contributed by atoms with E-state index in [1.807, 2.05) is 24.3 Å². The van der Waals surface area contributed by atoms with Gasteiger partial charge >= 0.3 is 5.97 Å². The van der Waals surface area contributed by atoms with Gasteiger partial charge in [-0.25, -0.2) is 4.79 Å². The van der Waals surface area contributed by atoms with Crippen LogP contribution in [-0.2, 0) is 4.74 Å². The maximum absolute atomic E-state index is 11.6. The summed E-state index contributed by atoms with van der Waals surface area (Å²) in [5.41, 5.74) is 1.36. The van der Waals surface area contributed by atoms with E-state index in [9.17, 15) is 4.79 Å². The fraction of sp³-hybridized carbons (Fsp3) is 0.118. The van der Waals surface area contributed by atoms with E-state index in [4.69, 9.17) is 14.2 Å². The van der Waals surface area contributed by atoms with E-state index in [0.29, 0.717) is 22.8 Å². The van der Waals surface area contributed by atoms with Crippen molar-refractivity contribution in [3.63, 3.8) is 0 Å². The second kappa shape index (κ2) is 5.81. The third-order valence-corrected chi connectivity index (χ3v) is 3.33. The summed E-state index contributed by atoms with van der Waals surface area (Å²) in [6.45, 7) is 0. The van der Waals surface area contributed by atoms with Crippen LogP contribution in [0.3, 0.4) is 0 Å². The lowest BCUT2D eigenvalue weighted by Crippen LogP contribution is -2.00. The van der Waals surface area contributed by atoms with Gasteiger partial charge in [-0.3, -0.25) is 0 Å². The van der Waals surface area contributed by atoms with Gasteiger partial charge in [-0.2, -0.15) is 0 Å². The molecule has 0 radical (unpaired) electrons. The van der Waals surface area contributed by atoms with Crippen molar-refractivity contribution in [1.82, 2.24) is 4.98 Å². The molecule has 0 amide bonds. The summed E-state index contributed by atoms with van der Waals surface area (Å²) >= 11 is 0. The van der Waals surface area contributed by atoms with Crippen LogP contribution < -0.4 is 9.47 Å². The molecule has 1 N–H and O–H groups in total. The zero-order valence-electron chi connectivity index (χ0n) is 12.3. The van der Waals surface area contributed by atoms with Gasteiger partial charge in [-0.05, 0) is 30.3 Å². The largest absolute Gasteiger partial charge is 0.497 e. The van der Waals surface area contributed by atoms with Gasteiger partial charge in [-0.15, -0.1) is 0 Å². The number of rotatable bonds is 4. The minimum absolute atomic E-state index is 0.379. The number of carbonyl (C=O) groups excluding carboxylic acids is 1. The Kier molecular flexibility index (Phi) is 3.70.